The molecule has 0 aromatic heterocycles. The normalized spacial score (nSPS) is 18.7. The highest BCUT2D eigenvalue weighted by Gasteiger charge is 2.43. The van der Waals surface area contributed by atoms with Gasteiger partial charge < -0.3 is 14.7 Å². The van der Waals surface area contributed by atoms with Crippen molar-refractivity contribution in [2.45, 2.75) is 12.5 Å². The zero-order valence-electron chi connectivity index (χ0n) is 12.0. The molecule has 112 valence electrons. The van der Waals surface area contributed by atoms with Crippen LogP contribution in [0.2, 0.25) is 0 Å². The second-order valence-corrected chi connectivity index (χ2v) is 6.40. The molecule has 2 aliphatic heterocycles. The summed E-state index contributed by atoms with van der Waals surface area (Å²) in [4.78, 5) is 14.5. The predicted molar refractivity (Wildman–Crippen MR) is 85.4 cm³/mol. The summed E-state index contributed by atoms with van der Waals surface area (Å²) >= 11 is 3.53. The monoisotopic (exact) mass is 359 g/mol. The fourth-order valence-corrected chi connectivity index (χ4v) is 4.21. The van der Waals surface area contributed by atoms with Gasteiger partial charge in [-0.3, -0.25) is 4.79 Å². The van der Waals surface area contributed by atoms with E-state index in [4.69, 9.17) is 4.74 Å². The third kappa shape index (κ3) is 1.66. The Kier molecular flexibility index (Phi) is 2.94. The fourth-order valence-electron chi connectivity index (χ4n) is 3.58. The van der Waals surface area contributed by atoms with E-state index in [1.165, 1.54) is 0 Å². The molecule has 1 atom stereocenters. The minimum atomic E-state index is -0.189. The van der Waals surface area contributed by atoms with E-state index < -0.39 is 0 Å². The van der Waals surface area contributed by atoms with Gasteiger partial charge in [-0.25, -0.2) is 0 Å². The Hall–Kier alpha value is -2.01. The highest BCUT2D eigenvalue weighted by molar-refractivity contribution is 9.10. The maximum Gasteiger partial charge on any atom is 0.255 e. The molecule has 1 unspecified atom stereocenters. The van der Waals surface area contributed by atoms with Crippen LogP contribution in [0.4, 0.5) is 0 Å². The number of amides is 1. The number of nitrogens with zero attached hydrogens (tertiary/aromatic N) is 1. The molecule has 0 aliphatic carbocycles. The zero-order chi connectivity index (χ0) is 15.4. The molecule has 1 amide bonds. The molecule has 0 fully saturated rings. The number of ether oxygens (including phenoxy) is 1. The van der Waals surface area contributed by atoms with Gasteiger partial charge >= 0.3 is 0 Å². The van der Waals surface area contributed by atoms with E-state index in [1.807, 2.05) is 29.2 Å². The number of carbonyl (C=O) groups is 1. The third-order valence-electron chi connectivity index (χ3n) is 4.49. The molecule has 4 rings (SSSR count). The molecule has 0 radical (unpaired) electrons. The van der Waals surface area contributed by atoms with Gasteiger partial charge in [-0.2, -0.15) is 0 Å². The lowest BCUT2D eigenvalue weighted by atomic mass is 9.89. The first-order valence-corrected chi connectivity index (χ1v) is 7.91. The smallest absolute Gasteiger partial charge is 0.255 e. The number of benzene rings is 2. The number of phenolic OH excluding ortho intramolecular Hbond substituents is 1. The Morgan fingerprint density at radius 2 is 2.14 bits per heavy atom. The van der Waals surface area contributed by atoms with E-state index in [2.05, 4.69) is 15.9 Å². The molecule has 0 bridgehead atoms. The van der Waals surface area contributed by atoms with Gasteiger partial charge in [0, 0.05) is 22.1 Å². The molecule has 2 aromatic carbocycles. The van der Waals surface area contributed by atoms with Gasteiger partial charge in [0.15, 0.2) is 11.5 Å². The van der Waals surface area contributed by atoms with Crippen LogP contribution in [0, 0.1) is 0 Å². The number of hydrogen-bond acceptors (Lipinski definition) is 3. The highest BCUT2D eigenvalue weighted by atomic mass is 79.9. The van der Waals surface area contributed by atoms with Crippen molar-refractivity contribution in [3.63, 3.8) is 0 Å². The van der Waals surface area contributed by atoms with E-state index in [9.17, 15) is 9.90 Å². The van der Waals surface area contributed by atoms with E-state index >= 15 is 0 Å². The summed E-state index contributed by atoms with van der Waals surface area (Å²) in [6.07, 6.45) is 0.739. The number of halogens is 1. The van der Waals surface area contributed by atoms with Crippen molar-refractivity contribution >= 4 is 21.8 Å². The number of hydrogen-bond donors (Lipinski definition) is 1. The van der Waals surface area contributed by atoms with E-state index in [0.29, 0.717) is 12.3 Å². The summed E-state index contributed by atoms with van der Waals surface area (Å²) < 4.78 is 6.31. The van der Waals surface area contributed by atoms with Crippen molar-refractivity contribution in [3.05, 3.63) is 57.1 Å². The van der Waals surface area contributed by atoms with Crippen molar-refractivity contribution in [1.29, 1.82) is 0 Å². The lowest BCUT2D eigenvalue weighted by Gasteiger charge is -2.34. The lowest BCUT2D eigenvalue weighted by molar-refractivity contribution is 0.0737. The largest absolute Gasteiger partial charge is 0.504 e. The minimum Gasteiger partial charge on any atom is -0.504 e. The molecular formula is C17H14BrNO3. The quantitative estimate of drug-likeness (QED) is 0.849. The van der Waals surface area contributed by atoms with Crippen LogP contribution < -0.4 is 4.74 Å². The topological polar surface area (TPSA) is 49.8 Å². The van der Waals surface area contributed by atoms with Crippen LogP contribution >= 0.6 is 15.9 Å². The minimum absolute atomic E-state index is 0.0489. The summed E-state index contributed by atoms with van der Waals surface area (Å²) in [7, 11) is 1.55. The second-order valence-electron chi connectivity index (χ2n) is 5.54. The van der Waals surface area contributed by atoms with Crippen LogP contribution in [-0.4, -0.2) is 29.6 Å². The van der Waals surface area contributed by atoms with Crippen LogP contribution in [0.5, 0.6) is 11.5 Å². The van der Waals surface area contributed by atoms with Crippen molar-refractivity contribution in [2.75, 3.05) is 13.7 Å². The van der Waals surface area contributed by atoms with Gasteiger partial charge in [0.1, 0.15) is 0 Å². The molecule has 22 heavy (non-hydrogen) atoms. The van der Waals surface area contributed by atoms with Crippen LogP contribution in [0.25, 0.3) is 0 Å². The van der Waals surface area contributed by atoms with Gasteiger partial charge in [0.25, 0.3) is 5.91 Å². The Balaban J connectivity index is 2.03. The average molecular weight is 360 g/mol. The average Bonchev–Trinajstić information content (AvgIpc) is 2.81. The van der Waals surface area contributed by atoms with Crippen LogP contribution in [-0.2, 0) is 6.42 Å². The summed E-state index contributed by atoms with van der Waals surface area (Å²) in [5.41, 5.74) is 3.70. The van der Waals surface area contributed by atoms with Crippen LogP contribution in [0.1, 0.15) is 33.1 Å². The summed E-state index contributed by atoms with van der Waals surface area (Å²) in [6.45, 7) is 0.664. The Morgan fingerprint density at radius 3 is 2.91 bits per heavy atom. The number of aromatic hydroxyl groups is 1. The molecule has 0 spiro atoms. The maximum atomic E-state index is 12.6. The van der Waals surface area contributed by atoms with E-state index in [0.717, 1.165) is 33.1 Å². The Morgan fingerprint density at radius 1 is 1.36 bits per heavy atom. The first kappa shape index (κ1) is 13.6. The van der Waals surface area contributed by atoms with Crippen molar-refractivity contribution in [2.24, 2.45) is 0 Å². The van der Waals surface area contributed by atoms with E-state index in [-0.39, 0.29) is 17.7 Å². The number of methoxy groups -OCH3 is 1. The molecule has 5 heteroatoms. The fraction of sp³-hybridized carbons (Fsp3) is 0.235. The number of rotatable bonds is 1. The first-order chi connectivity index (χ1) is 10.6. The summed E-state index contributed by atoms with van der Waals surface area (Å²) in [5.74, 6) is 0.594. The predicted octanol–water partition coefficient (Wildman–Crippen LogP) is 3.26. The molecule has 0 saturated heterocycles. The molecule has 2 aromatic rings. The molecule has 1 N–H and O–H groups in total. The first-order valence-electron chi connectivity index (χ1n) is 7.11. The van der Waals surface area contributed by atoms with Crippen LogP contribution in [0.3, 0.4) is 0 Å². The van der Waals surface area contributed by atoms with Crippen molar-refractivity contribution < 1.29 is 14.6 Å². The highest BCUT2D eigenvalue weighted by Crippen LogP contribution is 2.50. The van der Waals surface area contributed by atoms with Crippen molar-refractivity contribution in [1.82, 2.24) is 4.90 Å². The Labute approximate surface area is 136 Å². The maximum absolute atomic E-state index is 12.6. The standard InChI is InChI=1S/C17H14BrNO3/c1-22-16-13(20)8-12(18)11-6-7-19-15(14(11)16)9-4-2-3-5-10(9)17(19)21/h2-5,8,15,20H,6-7H2,1H3. The molecule has 2 aliphatic rings. The molecule has 0 saturated carbocycles. The zero-order valence-corrected chi connectivity index (χ0v) is 13.6. The van der Waals surface area contributed by atoms with Gasteiger partial charge in [-0.05, 0) is 29.7 Å². The van der Waals surface area contributed by atoms with Crippen LogP contribution in [0.15, 0.2) is 34.8 Å². The third-order valence-corrected chi connectivity index (χ3v) is 5.20. The lowest BCUT2D eigenvalue weighted by Crippen LogP contribution is -2.35. The SMILES string of the molecule is COc1c(O)cc(Br)c2c1C1c3ccccc3C(=O)N1CC2. The Bertz CT molecular complexity index is 782. The van der Waals surface area contributed by atoms with Gasteiger partial charge in [-0.15, -0.1) is 0 Å². The molecular weight excluding hydrogens is 346 g/mol. The number of phenols is 1. The summed E-state index contributed by atoms with van der Waals surface area (Å²) in [6, 6.07) is 9.13. The number of carbonyl (C=O) groups excluding carboxylic acids is 1. The second kappa shape index (κ2) is 4.74. The van der Waals surface area contributed by atoms with Gasteiger partial charge in [-0.1, -0.05) is 34.1 Å². The number of fused-ring (bicyclic) bond motifs is 5. The van der Waals surface area contributed by atoms with Gasteiger partial charge in [0.05, 0.1) is 13.2 Å². The van der Waals surface area contributed by atoms with Crippen molar-refractivity contribution in [3.8, 4) is 11.5 Å². The van der Waals surface area contributed by atoms with E-state index in [1.54, 1.807) is 13.2 Å². The molecule has 2 heterocycles. The van der Waals surface area contributed by atoms with Gasteiger partial charge in [0.2, 0.25) is 0 Å². The summed E-state index contributed by atoms with van der Waals surface area (Å²) in [5, 5.41) is 10.2. The molecule has 4 nitrogen and oxygen atoms in total.